The van der Waals surface area contributed by atoms with Crippen molar-refractivity contribution in [3.63, 3.8) is 0 Å². The van der Waals surface area contributed by atoms with Gasteiger partial charge in [0.25, 0.3) is 0 Å². The second-order valence-electron chi connectivity index (χ2n) is 0.616. The molecule has 0 N–H and O–H groups in total. The molecule has 0 radical (unpaired) electrons. The van der Waals surface area contributed by atoms with E-state index in [-0.39, 0.29) is 0 Å². The molecule has 0 atom stereocenters. The Labute approximate surface area is 74.8 Å². The van der Waals surface area contributed by atoms with Crippen molar-refractivity contribution < 1.29 is 0 Å². The Morgan fingerprint density at radius 1 is 1.12 bits per heavy atom. The fourth-order valence-corrected chi connectivity index (χ4v) is 3.32. The van der Waals surface area contributed by atoms with Gasteiger partial charge in [-0.3, -0.25) is 0 Å². The number of rotatable bonds is 4. The Morgan fingerprint density at radius 2 is 1.88 bits per heavy atom. The van der Waals surface area contributed by atoms with Gasteiger partial charge in [0.2, 0.25) is 0 Å². The van der Waals surface area contributed by atoms with Crippen molar-refractivity contribution in [1.29, 1.82) is 0 Å². The number of hydrogen-bond donors (Lipinski definition) is 2. The molecule has 0 amide bonds. The molecule has 0 aromatic carbocycles. The predicted octanol–water partition coefficient (Wildman–Crippen LogP) is 3.91. The van der Waals surface area contributed by atoms with Crippen LogP contribution in [0.1, 0.15) is 0 Å². The van der Waals surface area contributed by atoms with Crippen LogP contribution in [-0.4, -0.2) is 0 Å². The van der Waals surface area contributed by atoms with Crippen molar-refractivity contribution in [2.45, 2.75) is 0 Å². The van der Waals surface area contributed by atoms with Crippen LogP contribution in [0.2, 0.25) is 0 Å². The zero-order chi connectivity index (χ0) is 6.24. The van der Waals surface area contributed by atoms with Gasteiger partial charge in [0.15, 0.2) is 0 Å². The summed E-state index contributed by atoms with van der Waals surface area (Å²) in [6.45, 7) is 0. The molecule has 0 aliphatic rings. The largest absolute Gasteiger partial charge is 0.107 e. The summed E-state index contributed by atoms with van der Waals surface area (Å²) >= 11 is 7.83. The summed E-state index contributed by atoms with van der Waals surface area (Å²) in [7, 11) is 6.08. The van der Waals surface area contributed by atoms with E-state index in [1.165, 1.54) is 20.6 Å². The van der Waals surface area contributed by atoms with Crippen molar-refractivity contribution in [3.05, 3.63) is 10.8 Å². The first-order chi connectivity index (χ1) is 3.91. The molecule has 0 rings (SSSR count). The standard InChI is InChI=1S/C2H4S6/c3-5-1-2-6-8-7-4/h1-4H/b2-1+. The van der Waals surface area contributed by atoms with Gasteiger partial charge in [-0.2, -0.15) is 0 Å². The van der Waals surface area contributed by atoms with Gasteiger partial charge in [-0.1, -0.05) is 33.2 Å². The molecule has 8 heavy (non-hydrogen) atoms. The van der Waals surface area contributed by atoms with Gasteiger partial charge in [0.1, 0.15) is 0 Å². The smallest absolute Gasteiger partial charge is 0.00897 e. The fourth-order valence-electron chi connectivity index (χ4n) is 0.0878. The summed E-state index contributed by atoms with van der Waals surface area (Å²) in [5, 5.41) is 3.87. The third-order valence-electron chi connectivity index (χ3n) is 0.242. The van der Waals surface area contributed by atoms with Gasteiger partial charge in [-0.05, 0) is 30.5 Å². The zero-order valence-corrected chi connectivity index (χ0v) is 8.74. The van der Waals surface area contributed by atoms with Crippen molar-refractivity contribution in [2.75, 3.05) is 0 Å². The van der Waals surface area contributed by atoms with Crippen molar-refractivity contribution in [3.8, 4) is 0 Å². The quantitative estimate of drug-likeness (QED) is 0.418. The summed E-state index contributed by atoms with van der Waals surface area (Å²) in [4.78, 5) is 0. The van der Waals surface area contributed by atoms with Gasteiger partial charge in [0.05, 0.1) is 0 Å². The van der Waals surface area contributed by atoms with Crippen LogP contribution in [0.5, 0.6) is 0 Å². The molecule has 0 spiro atoms. The highest BCUT2D eigenvalue weighted by Gasteiger charge is 1.77. The van der Waals surface area contributed by atoms with Crippen LogP contribution >= 0.6 is 64.6 Å². The molecule has 0 aliphatic carbocycles. The SMILES string of the molecule is SS/C=C/SSSS. The average Bonchev–Trinajstić information content (AvgIpc) is 1.81. The molecule has 0 unspecified atom stereocenters. The van der Waals surface area contributed by atoms with E-state index in [4.69, 9.17) is 0 Å². The van der Waals surface area contributed by atoms with E-state index < -0.39 is 0 Å². The maximum absolute atomic E-state index is 3.92. The van der Waals surface area contributed by atoms with E-state index >= 15 is 0 Å². The Bertz CT molecular complexity index is 59.5. The third-order valence-corrected chi connectivity index (χ3v) is 5.07. The lowest BCUT2D eigenvalue weighted by Crippen LogP contribution is -1.32. The molecule has 0 bridgehead atoms. The van der Waals surface area contributed by atoms with Crippen LogP contribution in [0, 0.1) is 0 Å². The van der Waals surface area contributed by atoms with Crippen LogP contribution in [0.15, 0.2) is 10.8 Å². The lowest BCUT2D eigenvalue weighted by atomic mass is 11.3. The molecule has 0 nitrogen and oxygen atoms in total. The Morgan fingerprint density at radius 3 is 2.38 bits per heavy atom. The molecular weight excluding hydrogens is 216 g/mol. The molecule has 0 aromatic heterocycles. The summed E-state index contributed by atoms with van der Waals surface area (Å²) in [5.41, 5.74) is 0. The van der Waals surface area contributed by atoms with Gasteiger partial charge in [-0.15, -0.1) is 11.7 Å². The molecule has 48 valence electrons. The van der Waals surface area contributed by atoms with Crippen LogP contribution in [-0.2, 0) is 0 Å². The van der Waals surface area contributed by atoms with Crippen LogP contribution < -0.4 is 0 Å². The second kappa shape index (κ2) is 8.84. The minimum absolute atomic E-state index is 1.40. The van der Waals surface area contributed by atoms with E-state index in [0.717, 1.165) is 0 Å². The van der Waals surface area contributed by atoms with E-state index in [0.29, 0.717) is 0 Å². The Kier molecular flexibility index (Phi) is 10.9. The molecule has 0 aliphatic heterocycles. The first kappa shape index (κ1) is 9.84. The average molecular weight is 220 g/mol. The van der Waals surface area contributed by atoms with E-state index in [1.54, 1.807) is 20.6 Å². The molecule has 0 heterocycles. The van der Waals surface area contributed by atoms with Crippen LogP contribution in [0.25, 0.3) is 0 Å². The topological polar surface area (TPSA) is 0 Å². The summed E-state index contributed by atoms with van der Waals surface area (Å²) in [6.07, 6.45) is 0. The predicted molar refractivity (Wildman–Crippen MR) is 57.5 cm³/mol. The van der Waals surface area contributed by atoms with E-state index in [1.807, 2.05) is 10.8 Å². The second-order valence-corrected chi connectivity index (χ2v) is 6.48. The summed E-state index contributed by atoms with van der Waals surface area (Å²) < 4.78 is 0. The molecule has 0 fully saturated rings. The molecular formula is C2H4S6. The van der Waals surface area contributed by atoms with Crippen LogP contribution in [0.4, 0.5) is 0 Å². The number of thiol groups is 2. The maximum Gasteiger partial charge on any atom is -0.00897 e. The van der Waals surface area contributed by atoms with E-state index in [2.05, 4.69) is 23.3 Å². The van der Waals surface area contributed by atoms with Crippen LogP contribution in [0.3, 0.4) is 0 Å². The lowest BCUT2D eigenvalue weighted by Gasteiger charge is -1.82. The lowest BCUT2D eigenvalue weighted by molar-refractivity contribution is 2.60. The summed E-state index contributed by atoms with van der Waals surface area (Å²) in [6, 6.07) is 0. The normalized spacial score (nSPS) is 10.8. The first-order valence-electron chi connectivity index (χ1n) is 1.50. The highest BCUT2D eigenvalue weighted by atomic mass is 33.7. The Hall–Kier alpha value is 1.84. The fraction of sp³-hybridized carbons (Fsp3) is 0. The maximum atomic E-state index is 3.92. The van der Waals surface area contributed by atoms with Crippen molar-refractivity contribution in [1.82, 2.24) is 0 Å². The molecule has 6 heteroatoms. The highest BCUT2D eigenvalue weighted by Crippen LogP contribution is 2.37. The molecule has 0 aromatic rings. The summed E-state index contributed by atoms with van der Waals surface area (Å²) in [5.74, 6) is 0. The first-order valence-corrected chi connectivity index (χ1v) is 8.03. The molecule has 0 saturated carbocycles. The highest BCUT2D eigenvalue weighted by molar-refractivity contribution is 9.24. The zero-order valence-electron chi connectivity index (χ0n) is 3.68. The van der Waals surface area contributed by atoms with Crippen molar-refractivity contribution >= 4 is 64.6 Å². The third kappa shape index (κ3) is 7.84. The van der Waals surface area contributed by atoms with E-state index in [9.17, 15) is 0 Å². The van der Waals surface area contributed by atoms with Gasteiger partial charge < -0.3 is 0 Å². The van der Waals surface area contributed by atoms with Gasteiger partial charge in [0, 0.05) is 0 Å². The van der Waals surface area contributed by atoms with Crippen molar-refractivity contribution in [2.24, 2.45) is 0 Å². The molecule has 0 saturated heterocycles. The van der Waals surface area contributed by atoms with Gasteiger partial charge in [-0.25, -0.2) is 0 Å². The number of hydrogen-bond acceptors (Lipinski definition) is 6. The minimum Gasteiger partial charge on any atom is -0.107 e. The minimum atomic E-state index is 1.40. The Balaban J connectivity index is 2.80. The van der Waals surface area contributed by atoms with Gasteiger partial charge >= 0.3 is 0 Å². The monoisotopic (exact) mass is 220 g/mol.